The van der Waals surface area contributed by atoms with Gasteiger partial charge >= 0.3 is 0 Å². The van der Waals surface area contributed by atoms with Gasteiger partial charge in [-0.1, -0.05) is 18.2 Å². The van der Waals surface area contributed by atoms with Crippen molar-refractivity contribution < 1.29 is 12.8 Å². The fourth-order valence-electron chi connectivity index (χ4n) is 2.68. The van der Waals surface area contributed by atoms with Gasteiger partial charge in [-0.15, -0.1) is 0 Å². The molecule has 0 amide bonds. The number of para-hydroxylation sites is 1. The van der Waals surface area contributed by atoms with Gasteiger partial charge in [0.15, 0.2) is 0 Å². The average Bonchev–Trinajstić information content (AvgIpc) is 3.16. The lowest BCUT2D eigenvalue weighted by Gasteiger charge is -2.23. The largest absolute Gasteiger partial charge is 0.467 e. The molecule has 2 aromatic heterocycles. The molecule has 0 atom stereocenters. The molecule has 7 heteroatoms. The monoisotopic (exact) mass is 371 g/mol. The topological polar surface area (TPSA) is 66.7 Å². The maximum absolute atomic E-state index is 13.0. The van der Waals surface area contributed by atoms with E-state index in [1.165, 1.54) is 10.5 Å². The molecule has 0 unspecified atom stereocenters. The van der Waals surface area contributed by atoms with Gasteiger partial charge in [-0.2, -0.15) is 0 Å². The molecule has 2 heterocycles. The molecule has 0 aliphatic carbocycles. The second-order valence-electron chi connectivity index (χ2n) is 5.79. The number of aromatic nitrogens is 1. The molecule has 3 aromatic rings. The van der Waals surface area contributed by atoms with Crippen LogP contribution in [0.25, 0.3) is 0 Å². The normalized spacial score (nSPS) is 11.3. The minimum absolute atomic E-state index is 0.165. The molecule has 0 bridgehead atoms. The predicted octanol–water partition coefficient (Wildman–Crippen LogP) is 3.53. The highest BCUT2D eigenvalue weighted by molar-refractivity contribution is 7.92. The van der Waals surface area contributed by atoms with Crippen molar-refractivity contribution in [3.8, 4) is 0 Å². The molecule has 0 aliphatic rings. The summed E-state index contributed by atoms with van der Waals surface area (Å²) in [6, 6.07) is 16.0. The van der Waals surface area contributed by atoms with Crippen LogP contribution in [0.2, 0.25) is 0 Å². The van der Waals surface area contributed by atoms with E-state index >= 15 is 0 Å². The minimum Gasteiger partial charge on any atom is -0.467 e. The molecule has 0 radical (unpaired) electrons. The Hall–Kier alpha value is -2.80. The van der Waals surface area contributed by atoms with Crippen molar-refractivity contribution in [1.82, 2.24) is 4.98 Å². The van der Waals surface area contributed by atoms with E-state index in [4.69, 9.17) is 4.42 Å². The molecule has 3 rings (SSSR count). The molecule has 26 heavy (non-hydrogen) atoms. The first-order valence-corrected chi connectivity index (χ1v) is 9.73. The minimum atomic E-state index is -3.66. The van der Waals surface area contributed by atoms with Crippen LogP contribution in [0.1, 0.15) is 12.7 Å². The molecule has 1 aromatic carbocycles. The zero-order valence-corrected chi connectivity index (χ0v) is 15.6. The van der Waals surface area contributed by atoms with Crippen LogP contribution in [-0.4, -0.2) is 27.0 Å². The summed E-state index contributed by atoms with van der Waals surface area (Å²) in [6.45, 7) is 2.70. The van der Waals surface area contributed by atoms with E-state index < -0.39 is 10.0 Å². The number of pyridine rings is 1. The number of sulfonamides is 1. The Labute approximate surface area is 153 Å². The Morgan fingerprint density at radius 2 is 1.81 bits per heavy atom. The molecule has 0 saturated heterocycles. The maximum atomic E-state index is 13.0. The first-order valence-electron chi connectivity index (χ1n) is 8.29. The highest BCUT2D eigenvalue weighted by Gasteiger charge is 2.24. The van der Waals surface area contributed by atoms with Gasteiger partial charge in [-0.05, 0) is 43.3 Å². The van der Waals surface area contributed by atoms with E-state index in [1.807, 2.05) is 49.2 Å². The Kier molecular flexibility index (Phi) is 5.27. The van der Waals surface area contributed by atoms with Crippen molar-refractivity contribution in [2.75, 3.05) is 22.8 Å². The number of hydrogen-bond acceptors (Lipinski definition) is 5. The molecule has 6 nitrogen and oxygen atoms in total. The molecule has 0 aliphatic heterocycles. The number of furan rings is 1. The summed E-state index contributed by atoms with van der Waals surface area (Å²) >= 11 is 0. The summed E-state index contributed by atoms with van der Waals surface area (Å²) in [5.41, 5.74) is 0.633. The van der Waals surface area contributed by atoms with Crippen LogP contribution in [0, 0.1) is 0 Å². The van der Waals surface area contributed by atoms with E-state index in [1.54, 1.807) is 30.5 Å². The van der Waals surface area contributed by atoms with Crippen LogP contribution >= 0.6 is 0 Å². The van der Waals surface area contributed by atoms with Crippen LogP contribution < -0.4 is 9.21 Å². The summed E-state index contributed by atoms with van der Waals surface area (Å²) in [4.78, 5) is 6.37. The second kappa shape index (κ2) is 7.61. The molecule has 0 saturated carbocycles. The van der Waals surface area contributed by atoms with Crippen molar-refractivity contribution in [3.05, 3.63) is 72.8 Å². The Morgan fingerprint density at radius 1 is 1.04 bits per heavy atom. The van der Waals surface area contributed by atoms with E-state index in [2.05, 4.69) is 4.98 Å². The molecule has 0 fully saturated rings. The van der Waals surface area contributed by atoms with Crippen molar-refractivity contribution in [1.29, 1.82) is 0 Å². The Bertz CT molecular complexity index is 924. The van der Waals surface area contributed by atoms with Crippen molar-refractivity contribution >= 4 is 21.5 Å². The summed E-state index contributed by atoms with van der Waals surface area (Å²) in [7, 11) is -1.79. The molecule has 136 valence electrons. The summed E-state index contributed by atoms with van der Waals surface area (Å²) in [5.74, 6) is 1.48. The van der Waals surface area contributed by atoms with Crippen LogP contribution in [0.4, 0.5) is 11.5 Å². The van der Waals surface area contributed by atoms with Gasteiger partial charge < -0.3 is 9.32 Å². The number of hydrogen-bond donors (Lipinski definition) is 0. The number of benzene rings is 1. The standard InChI is InChI=1S/C19H21N3O3S/c1-3-22(16-8-5-4-6-9-16)26(23,24)18-11-12-19(20-14-18)21(2)15-17-10-7-13-25-17/h4-14H,3,15H2,1-2H3. The van der Waals surface area contributed by atoms with E-state index in [9.17, 15) is 8.42 Å². The first kappa shape index (κ1) is 18.0. The van der Waals surface area contributed by atoms with Crippen LogP contribution in [0.5, 0.6) is 0 Å². The van der Waals surface area contributed by atoms with Crippen molar-refractivity contribution in [2.45, 2.75) is 18.4 Å². The lowest BCUT2D eigenvalue weighted by atomic mass is 10.3. The average molecular weight is 371 g/mol. The first-order chi connectivity index (χ1) is 12.5. The van der Waals surface area contributed by atoms with Crippen LogP contribution in [0.3, 0.4) is 0 Å². The second-order valence-corrected chi connectivity index (χ2v) is 7.66. The number of nitrogens with zero attached hydrogens (tertiary/aromatic N) is 3. The third kappa shape index (κ3) is 3.72. The Morgan fingerprint density at radius 3 is 2.38 bits per heavy atom. The van der Waals surface area contributed by atoms with Gasteiger partial charge in [0.05, 0.1) is 18.5 Å². The van der Waals surface area contributed by atoms with Crippen molar-refractivity contribution in [3.63, 3.8) is 0 Å². The zero-order valence-electron chi connectivity index (χ0n) is 14.7. The molecule has 0 spiro atoms. The van der Waals surface area contributed by atoms with Crippen LogP contribution in [-0.2, 0) is 16.6 Å². The fourth-order valence-corrected chi connectivity index (χ4v) is 4.10. The van der Waals surface area contributed by atoms with Gasteiger partial charge in [0.2, 0.25) is 0 Å². The van der Waals surface area contributed by atoms with Gasteiger partial charge in [0.1, 0.15) is 16.5 Å². The van der Waals surface area contributed by atoms with E-state index in [-0.39, 0.29) is 4.90 Å². The summed E-state index contributed by atoms with van der Waals surface area (Å²) in [5, 5.41) is 0. The maximum Gasteiger partial charge on any atom is 0.265 e. The number of rotatable bonds is 7. The zero-order chi connectivity index (χ0) is 18.6. The van der Waals surface area contributed by atoms with Crippen molar-refractivity contribution in [2.24, 2.45) is 0 Å². The van der Waals surface area contributed by atoms with Gasteiger partial charge in [0, 0.05) is 19.8 Å². The molecule has 0 N–H and O–H groups in total. The number of anilines is 2. The van der Waals surface area contributed by atoms with Gasteiger partial charge in [-0.3, -0.25) is 4.31 Å². The smallest absolute Gasteiger partial charge is 0.265 e. The Balaban J connectivity index is 1.82. The molecular formula is C19H21N3O3S. The van der Waals surface area contributed by atoms with Gasteiger partial charge in [-0.25, -0.2) is 13.4 Å². The lowest BCUT2D eigenvalue weighted by molar-refractivity contribution is 0.507. The van der Waals surface area contributed by atoms with Crippen LogP contribution in [0.15, 0.2) is 76.4 Å². The highest BCUT2D eigenvalue weighted by Crippen LogP contribution is 2.24. The SMILES string of the molecule is CCN(c1ccccc1)S(=O)(=O)c1ccc(N(C)Cc2ccco2)nc1. The highest BCUT2D eigenvalue weighted by atomic mass is 32.2. The van der Waals surface area contributed by atoms with Gasteiger partial charge in [0.25, 0.3) is 10.0 Å². The quantitative estimate of drug-likeness (QED) is 0.636. The predicted molar refractivity (Wildman–Crippen MR) is 102 cm³/mol. The lowest BCUT2D eigenvalue weighted by Crippen LogP contribution is -2.30. The fraction of sp³-hybridized carbons (Fsp3) is 0.211. The van der Waals surface area contributed by atoms with E-state index in [0.717, 1.165) is 5.76 Å². The third-order valence-corrected chi connectivity index (χ3v) is 5.89. The third-order valence-electron chi connectivity index (χ3n) is 4.00. The van der Waals surface area contributed by atoms with E-state index in [0.29, 0.717) is 24.6 Å². The summed E-state index contributed by atoms with van der Waals surface area (Å²) in [6.07, 6.45) is 3.02. The summed E-state index contributed by atoms with van der Waals surface area (Å²) < 4.78 is 32.6. The molecular weight excluding hydrogens is 350 g/mol.